The molecule has 2 aromatic carbocycles. The number of thiazole rings is 1. The molecule has 1 heterocycles. The topological polar surface area (TPSA) is 54.9 Å². The molecule has 168 valence electrons. The predicted molar refractivity (Wildman–Crippen MR) is 134 cm³/mol. The van der Waals surface area contributed by atoms with E-state index in [1.54, 1.807) is 37.3 Å². The second-order valence-electron chi connectivity index (χ2n) is 6.66. The van der Waals surface area contributed by atoms with Crippen LogP contribution in [0.5, 0.6) is 11.5 Å². The minimum atomic E-state index is -0.110. The summed E-state index contributed by atoms with van der Waals surface area (Å²) in [5, 5.41) is 0.690. The monoisotopic (exact) mass is 527 g/mol. The van der Waals surface area contributed by atoms with Gasteiger partial charge in [0.05, 0.1) is 24.4 Å². The molecule has 31 heavy (non-hydrogen) atoms. The van der Waals surface area contributed by atoms with Crippen molar-refractivity contribution in [3.63, 3.8) is 0 Å². The molecule has 0 N–H and O–H groups in total. The second-order valence-corrected chi connectivity index (χ2v) is 8.59. The van der Waals surface area contributed by atoms with Crippen LogP contribution >= 0.6 is 39.7 Å². The number of rotatable bonds is 9. The molecule has 0 atom stereocenters. The van der Waals surface area contributed by atoms with E-state index in [4.69, 9.17) is 14.5 Å². The molecule has 1 amide bonds. The number of nitrogens with zero attached hydrogens (tertiary/aromatic N) is 3. The van der Waals surface area contributed by atoms with Crippen molar-refractivity contribution in [2.24, 2.45) is 0 Å². The maximum atomic E-state index is 13.5. The lowest BCUT2D eigenvalue weighted by Crippen LogP contribution is -2.38. The first-order valence-corrected chi connectivity index (χ1v) is 11.4. The number of amides is 1. The second kappa shape index (κ2) is 11.7. The van der Waals surface area contributed by atoms with Gasteiger partial charge in [0.2, 0.25) is 0 Å². The number of methoxy groups -OCH3 is 2. The molecule has 6 nitrogen and oxygen atoms in total. The SMILES string of the molecule is CCN(CC)CCN(C(=O)c1ccc(OC)c(OC)c1)c1nc2ccc(Br)cc2s1.Cl. The highest BCUT2D eigenvalue weighted by molar-refractivity contribution is 9.10. The van der Waals surface area contributed by atoms with E-state index >= 15 is 0 Å². The van der Waals surface area contributed by atoms with Gasteiger partial charge in [0, 0.05) is 23.1 Å². The van der Waals surface area contributed by atoms with Gasteiger partial charge in [-0.3, -0.25) is 9.69 Å². The molecule has 1 aromatic heterocycles. The van der Waals surface area contributed by atoms with Crippen molar-refractivity contribution in [3.8, 4) is 11.5 Å². The number of benzene rings is 2. The quantitative estimate of drug-likeness (QED) is 0.368. The number of halogens is 2. The van der Waals surface area contributed by atoms with Crippen LogP contribution in [0.25, 0.3) is 10.2 Å². The maximum Gasteiger partial charge on any atom is 0.260 e. The zero-order chi connectivity index (χ0) is 21.7. The molecule has 0 radical (unpaired) electrons. The summed E-state index contributed by atoms with van der Waals surface area (Å²) in [5.41, 5.74) is 1.42. The average Bonchev–Trinajstić information content (AvgIpc) is 3.18. The van der Waals surface area contributed by atoms with Crippen molar-refractivity contribution in [2.45, 2.75) is 13.8 Å². The van der Waals surface area contributed by atoms with Crippen LogP contribution in [0.3, 0.4) is 0 Å². The first-order chi connectivity index (χ1) is 14.5. The van der Waals surface area contributed by atoms with E-state index in [1.165, 1.54) is 11.3 Å². The van der Waals surface area contributed by atoms with Gasteiger partial charge in [-0.25, -0.2) is 4.98 Å². The van der Waals surface area contributed by atoms with Crippen LogP contribution < -0.4 is 14.4 Å². The number of anilines is 1. The first kappa shape index (κ1) is 25.4. The molecular formula is C22H27BrClN3O3S. The lowest BCUT2D eigenvalue weighted by atomic mass is 10.1. The van der Waals surface area contributed by atoms with Crippen LogP contribution in [0.15, 0.2) is 40.9 Å². The highest BCUT2D eigenvalue weighted by atomic mass is 79.9. The third kappa shape index (κ3) is 5.88. The molecule has 0 aliphatic carbocycles. The summed E-state index contributed by atoms with van der Waals surface area (Å²) >= 11 is 5.02. The van der Waals surface area contributed by atoms with Crippen LogP contribution in [0.4, 0.5) is 5.13 Å². The lowest BCUT2D eigenvalue weighted by molar-refractivity contribution is 0.0983. The van der Waals surface area contributed by atoms with Crippen LogP contribution in [0, 0.1) is 0 Å². The third-order valence-corrected chi connectivity index (χ3v) is 6.51. The van der Waals surface area contributed by atoms with Crippen LogP contribution in [-0.2, 0) is 0 Å². The van der Waals surface area contributed by atoms with Gasteiger partial charge in [-0.1, -0.05) is 41.1 Å². The molecule has 3 rings (SSSR count). The summed E-state index contributed by atoms with van der Waals surface area (Å²) in [6.45, 7) is 7.43. The fraction of sp³-hybridized carbons (Fsp3) is 0.364. The number of fused-ring (bicyclic) bond motifs is 1. The molecule has 3 aromatic rings. The van der Waals surface area contributed by atoms with Crippen molar-refractivity contribution in [2.75, 3.05) is 45.3 Å². The zero-order valence-electron chi connectivity index (χ0n) is 18.1. The van der Waals surface area contributed by atoms with E-state index in [9.17, 15) is 4.79 Å². The Morgan fingerprint density at radius 1 is 1.03 bits per heavy atom. The first-order valence-electron chi connectivity index (χ1n) is 9.83. The molecule has 0 spiro atoms. The van der Waals surface area contributed by atoms with Gasteiger partial charge in [0.1, 0.15) is 0 Å². The molecule has 0 fully saturated rings. The Bertz CT molecular complexity index is 1030. The highest BCUT2D eigenvalue weighted by Crippen LogP contribution is 2.33. The molecule has 0 aliphatic heterocycles. The minimum Gasteiger partial charge on any atom is -0.493 e. The van der Waals surface area contributed by atoms with Gasteiger partial charge in [-0.15, -0.1) is 12.4 Å². The van der Waals surface area contributed by atoms with E-state index in [-0.39, 0.29) is 18.3 Å². The van der Waals surface area contributed by atoms with E-state index in [1.807, 2.05) is 18.2 Å². The average molecular weight is 529 g/mol. The molecule has 0 bridgehead atoms. The molecule has 0 saturated carbocycles. The summed E-state index contributed by atoms with van der Waals surface area (Å²) in [5.74, 6) is 1.01. The van der Waals surface area contributed by atoms with Gasteiger partial charge in [0.25, 0.3) is 5.91 Å². The van der Waals surface area contributed by atoms with E-state index in [2.05, 4.69) is 34.7 Å². The van der Waals surface area contributed by atoms with E-state index < -0.39 is 0 Å². The van der Waals surface area contributed by atoms with E-state index in [0.717, 1.165) is 34.3 Å². The Hall–Kier alpha value is -1.87. The molecular weight excluding hydrogens is 502 g/mol. The molecule has 9 heteroatoms. The van der Waals surface area contributed by atoms with Crippen molar-refractivity contribution in [3.05, 3.63) is 46.4 Å². The van der Waals surface area contributed by atoms with Gasteiger partial charge in [-0.05, 0) is 49.5 Å². The third-order valence-electron chi connectivity index (χ3n) is 4.98. The fourth-order valence-corrected chi connectivity index (χ4v) is 4.73. The minimum absolute atomic E-state index is 0. The lowest BCUT2D eigenvalue weighted by Gasteiger charge is -2.25. The van der Waals surface area contributed by atoms with Crippen molar-refractivity contribution in [1.82, 2.24) is 9.88 Å². The summed E-state index contributed by atoms with van der Waals surface area (Å²) in [4.78, 5) is 22.3. The number of aromatic nitrogens is 1. The smallest absolute Gasteiger partial charge is 0.260 e. The number of carbonyl (C=O) groups excluding carboxylic acids is 1. The number of ether oxygens (including phenoxy) is 2. The Labute approximate surface area is 201 Å². The van der Waals surface area contributed by atoms with Gasteiger partial charge < -0.3 is 14.4 Å². The molecule has 0 unspecified atom stereocenters. The van der Waals surface area contributed by atoms with Gasteiger partial charge in [-0.2, -0.15) is 0 Å². The summed E-state index contributed by atoms with van der Waals surface area (Å²) in [6, 6.07) is 11.2. The van der Waals surface area contributed by atoms with Gasteiger partial charge in [0.15, 0.2) is 16.6 Å². The van der Waals surface area contributed by atoms with Crippen LogP contribution in [0.1, 0.15) is 24.2 Å². The number of likely N-dealkylation sites (N-methyl/N-ethyl adjacent to an activating group) is 1. The Balaban J connectivity index is 0.00000341. The number of hydrogen-bond donors (Lipinski definition) is 0. The molecule has 0 saturated heterocycles. The van der Waals surface area contributed by atoms with Crippen molar-refractivity contribution in [1.29, 1.82) is 0 Å². The van der Waals surface area contributed by atoms with Crippen molar-refractivity contribution < 1.29 is 14.3 Å². The largest absolute Gasteiger partial charge is 0.493 e. The standard InChI is InChI=1S/C22H26BrN3O3S.ClH/c1-5-25(6-2)11-12-26(22-24-17-9-8-16(23)14-20(17)30-22)21(27)15-7-10-18(28-3)19(13-15)29-4;/h7-10,13-14H,5-6,11-12H2,1-4H3;1H. The Morgan fingerprint density at radius 2 is 1.74 bits per heavy atom. The molecule has 0 aliphatic rings. The normalized spacial score (nSPS) is 10.8. The summed E-state index contributed by atoms with van der Waals surface area (Å²) in [7, 11) is 3.14. The maximum absolute atomic E-state index is 13.5. The van der Waals surface area contributed by atoms with Crippen LogP contribution in [0.2, 0.25) is 0 Å². The van der Waals surface area contributed by atoms with Crippen LogP contribution in [-0.4, -0.2) is 56.2 Å². The Morgan fingerprint density at radius 3 is 2.39 bits per heavy atom. The Kier molecular flexibility index (Phi) is 9.55. The predicted octanol–water partition coefficient (Wildman–Crippen LogP) is 5.49. The van der Waals surface area contributed by atoms with Crippen molar-refractivity contribution >= 4 is 60.9 Å². The number of hydrogen-bond acceptors (Lipinski definition) is 6. The summed E-state index contributed by atoms with van der Waals surface area (Å²) in [6.07, 6.45) is 0. The summed E-state index contributed by atoms with van der Waals surface area (Å²) < 4.78 is 12.7. The highest BCUT2D eigenvalue weighted by Gasteiger charge is 2.23. The zero-order valence-corrected chi connectivity index (χ0v) is 21.3. The van der Waals surface area contributed by atoms with E-state index in [0.29, 0.717) is 28.7 Å². The number of carbonyl (C=O) groups is 1. The van der Waals surface area contributed by atoms with Gasteiger partial charge >= 0.3 is 0 Å². The fourth-order valence-electron chi connectivity index (χ4n) is 3.19.